The first-order chi connectivity index (χ1) is 26.8. The summed E-state index contributed by atoms with van der Waals surface area (Å²) in [6.07, 6.45) is 3.99. The number of carbonyl (C=O) groups is 3. The van der Waals surface area contributed by atoms with Crippen molar-refractivity contribution in [3.8, 4) is 11.1 Å². The van der Waals surface area contributed by atoms with Gasteiger partial charge in [0.15, 0.2) is 5.78 Å². The molecule has 0 radical (unpaired) electrons. The summed E-state index contributed by atoms with van der Waals surface area (Å²) in [5, 5.41) is 11.6. The largest absolute Gasteiger partial charge is 0.433 e. The second-order valence-corrected chi connectivity index (χ2v) is 16.0. The minimum Gasteiger partial charge on any atom is -0.355 e. The predicted octanol–water partition coefficient (Wildman–Crippen LogP) is 5.42. The lowest BCUT2D eigenvalue weighted by molar-refractivity contribution is -0.166. The molecule has 13 nitrogen and oxygen atoms in total. The van der Waals surface area contributed by atoms with Crippen LogP contribution in [0.3, 0.4) is 0 Å². The van der Waals surface area contributed by atoms with Gasteiger partial charge in [-0.15, -0.1) is 0 Å². The van der Waals surface area contributed by atoms with Crippen LogP contribution in [-0.4, -0.2) is 92.4 Å². The lowest BCUT2D eigenvalue weighted by Crippen LogP contribution is -2.47. The maximum atomic E-state index is 14.6. The molecule has 296 valence electrons. The number of rotatable bonds is 4. The normalized spacial score (nSPS) is 24.2. The number of ether oxygens (including phenoxy) is 2. The molecule has 2 amide bonds. The van der Waals surface area contributed by atoms with E-state index in [4.69, 9.17) is 14.6 Å². The highest BCUT2D eigenvalue weighted by molar-refractivity contribution is 6.07. The van der Waals surface area contributed by atoms with E-state index in [0.717, 1.165) is 48.4 Å². The molecule has 2 saturated heterocycles. The van der Waals surface area contributed by atoms with Gasteiger partial charge in [0.2, 0.25) is 11.8 Å². The van der Waals surface area contributed by atoms with Gasteiger partial charge in [0.25, 0.3) is 0 Å². The number of hydrogen-bond donors (Lipinski definition) is 2. The van der Waals surface area contributed by atoms with Gasteiger partial charge in [0.1, 0.15) is 42.4 Å². The van der Waals surface area contributed by atoms with Gasteiger partial charge in [0, 0.05) is 60.2 Å². The second kappa shape index (κ2) is 14.6. The van der Waals surface area contributed by atoms with E-state index >= 15 is 0 Å². The summed E-state index contributed by atoms with van der Waals surface area (Å²) in [6.45, 7) is 7.07. The second-order valence-electron chi connectivity index (χ2n) is 16.0. The number of pyridine rings is 1. The van der Waals surface area contributed by atoms with E-state index in [-0.39, 0.29) is 48.0 Å². The summed E-state index contributed by atoms with van der Waals surface area (Å²) in [7, 11) is 0. The number of aryl methyl sites for hydroxylation is 3. The number of carbonyl (C=O) groups excluding carboxylic acids is 3. The Morgan fingerprint density at radius 1 is 1.00 bits per heavy atom. The van der Waals surface area contributed by atoms with Crippen molar-refractivity contribution in [1.82, 2.24) is 34.9 Å². The first kappa shape index (κ1) is 38.1. The SMILES string of the molecule is CC(=O)c1nn2c3c(cc(-c4cnc(C)nc4)cc13)CCCCCC1(CNC[C@@]34C[C@@H](C(=O)Nc5nc(C(F)(F)F)ccc5C)N(C(=O)C2)[C@@H]3C4)COCOC1. The number of piperidine rings is 1. The Labute approximate surface area is 321 Å². The fraction of sp³-hybridized carbons (Fsp3) is 0.525. The first-order valence-electron chi connectivity index (χ1n) is 19.1. The smallest absolute Gasteiger partial charge is 0.355 e. The van der Waals surface area contributed by atoms with E-state index < -0.39 is 29.2 Å². The zero-order valence-electron chi connectivity index (χ0n) is 31.7. The molecule has 3 atom stereocenters. The van der Waals surface area contributed by atoms with Crippen LogP contribution in [0.15, 0.2) is 36.7 Å². The number of amides is 2. The molecule has 1 spiro atoms. The molecule has 2 bridgehead atoms. The Hall–Kier alpha value is -4.80. The Kier molecular flexibility index (Phi) is 9.94. The fourth-order valence-corrected chi connectivity index (χ4v) is 8.89. The first-order valence-corrected chi connectivity index (χ1v) is 19.1. The standard InChI is InChI=1S/C40H45F3N8O5/c1-23-8-9-31(40(41,42)43)47-36(23)48-37(54)30-13-39-14-32(39)51(30)33(53)17-50-35-26(7-5-4-6-10-38(18-44-19-39)20-55-22-56-21-38)11-27(28-15-45-25(3)46-16-28)12-29(35)34(49-50)24(2)52/h8-9,11-12,15-16,30,32,44H,4-7,10,13-14,17-22H2,1-3H3,(H,47,48,54)/t30-,32+,39-/m0/s1. The number of anilines is 1. The van der Waals surface area contributed by atoms with E-state index in [1.54, 1.807) is 28.9 Å². The molecular formula is C40H45F3N8O5. The van der Waals surface area contributed by atoms with Crippen LogP contribution < -0.4 is 10.6 Å². The number of alkyl halides is 3. The number of nitrogens with one attached hydrogen (secondary N) is 2. The van der Waals surface area contributed by atoms with E-state index in [1.807, 2.05) is 19.1 Å². The summed E-state index contributed by atoms with van der Waals surface area (Å²) < 4.78 is 54.0. The molecule has 4 aliphatic rings. The fourth-order valence-electron chi connectivity index (χ4n) is 8.89. The van der Waals surface area contributed by atoms with Crippen molar-refractivity contribution in [3.05, 3.63) is 65.0 Å². The monoisotopic (exact) mass is 774 g/mol. The van der Waals surface area contributed by atoms with E-state index in [1.165, 1.54) is 13.0 Å². The Balaban J connectivity index is 1.18. The van der Waals surface area contributed by atoms with Gasteiger partial charge in [-0.2, -0.15) is 18.3 Å². The highest BCUT2D eigenvalue weighted by Gasteiger charge is 2.67. The van der Waals surface area contributed by atoms with Gasteiger partial charge in [0.05, 0.1) is 18.7 Å². The topological polar surface area (TPSA) is 153 Å². The zero-order chi connectivity index (χ0) is 39.4. The molecule has 56 heavy (non-hydrogen) atoms. The van der Waals surface area contributed by atoms with Crippen molar-refractivity contribution in [1.29, 1.82) is 0 Å². The Morgan fingerprint density at radius 3 is 2.50 bits per heavy atom. The lowest BCUT2D eigenvalue weighted by atomic mass is 9.83. The highest BCUT2D eigenvalue weighted by atomic mass is 19.4. The van der Waals surface area contributed by atoms with Gasteiger partial charge in [-0.25, -0.2) is 15.0 Å². The van der Waals surface area contributed by atoms with Crippen LogP contribution in [0.1, 0.15) is 78.6 Å². The number of nitrogens with zero attached hydrogens (tertiary/aromatic N) is 6. The molecule has 16 heteroatoms. The predicted molar refractivity (Wildman–Crippen MR) is 198 cm³/mol. The van der Waals surface area contributed by atoms with Crippen LogP contribution in [-0.2, 0) is 38.2 Å². The number of halogens is 3. The average Bonchev–Trinajstić information content (AvgIpc) is 3.56. The van der Waals surface area contributed by atoms with E-state index in [2.05, 4.69) is 25.6 Å². The molecule has 3 fully saturated rings. The number of hydrogen-bond acceptors (Lipinski definition) is 10. The van der Waals surface area contributed by atoms with Crippen LogP contribution in [0.2, 0.25) is 0 Å². The van der Waals surface area contributed by atoms with Crippen LogP contribution in [0, 0.1) is 24.7 Å². The Morgan fingerprint density at radius 2 is 1.77 bits per heavy atom. The summed E-state index contributed by atoms with van der Waals surface area (Å²) in [6, 6.07) is 4.81. The van der Waals surface area contributed by atoms with Gasteiger partial charge in [-0.05, 0) is 80.8 Å². The van der Waals surface area contributed by atoms with Crippen LogP contribution >= 0.6 is 0 Å². The maximum Gasteiger partial charge on any atom is 0.433 e. The lowest BCUT2D eigenvalue weighted by Gasteiger charge is -2.37. The summed E-state index contributed by atoms with van der Waals surface area (Å²) in [5.74, 6) is -0.822. The summed E-state index contributed by atoms with van der Waals surface area (Å²) >= 11 is 0. The zero-order valence-corrected chi connectivity index (χ0v) is 31.7. The molecule has 0 unspecified atom stereocenters. The molecule has 6 heterocycles. The van der Waals surface area contributed by atoms with Crippen LogP contribution in [0.5, 0.6) is 0 Å². The molecule has 1 aromatic carbocycles. The Bertz CT molecular complexity index is 2180. The number of Topliss-reactive ketones (excluding diaryl/α,β-unsaturated/α-hetero) is 1. The highest BCUT2D eigenvalue weighted by Crippen LogP contribution is 2.59. The van der Waals surface area contributed by atoms with Crippen molar-refractivity contribution < 1.29 is 37.0 Å². The third-order valence-corrected chi connectivity index (χ3v) is 11.9. The minimum atomic E-state index is -4.70. The number of benzene rings is 1. The molecule has 3 aliphatic heterocycles. The molecular weight excluding hydrogens is 729 g/mol. The van der Waals surface area contributed by atoms with Crippen LogP contribution in [0.25, 0.3) is 22.0 Å². The molecule has 1 saturated carbocycles. The minimum absolute atomic E-state index is 0.206. The van der Waals surface area contributed by atoms with Crippen LogP contribution in [0.4, 0.5) is 19.0 Å². The van der Waals surface area contributed by atoms with Crippen molar-refractivity contribution in [3.63, 3.8) is 0 Å². The maximum absolute atomic E-state index is 14.6. The molecule has 2 N–H and O–H groups in total. The molecule has 8 rings (SSSR count). The summed E-state index contributed by atoms with van der Waals surface area (Å²) in [4.78, 5) is 55.9. The van der Waals surface area contributed by atoms with Gasteiger partial charge < -0.3 is 25.0 Å². The van der Waals surface area contributed by atoms with Crippen molar-refractivity contribution in [2.75, 3.05) is 38.4 Å². The van der Waals surface area contributed by atoms with E-state index in [9.17, 15) is 27.6 Å². The molecule has 4 aromatic rings. The van der Waals surface area contributed by atoms with E-state index in [0.29, 0.717) is 67.9 Å². The number of ketones is 1. The molecule has 1 aliphatic carbocycles. The summed E-state index contributed by atoms with van der Waals surface area (Å²) in [5.41, 5.74) is 1.97. The average molecular weight is 775 g/mol. The third-order valence-electron chi connectivity index (χ3n) is 11.9. The van der Waals surface area contributed by atoms with Crippen molar-refractivity contribution in [2.45, 2.75) is 90.5 Å². The van der Waals surface area contributed by atoms with Gasteiger partial charge >= 0.3 is 6.18 Å². The van der Waals surface area contributed by atoms with Crippen molar-refractivity contribution >= 4 is 34.3 Å². The van der Waals surface area contributed by atoms with Gasteiger partial charge in [-0.3, -0.25) is 19.1 Å². The van der Waals surface area contributed by atoms with Crippen molar-refractivity contribution in [2.24, 2.45) is 10.8 Å². The quantitative estimate of drug-likeness (QED) is 0.257. The van der Waals surface area contributed by atoms with Gasteiger partial charge in [-0.1, -0.05) is 18.9 Å². The molecule has 3 aromatic heterocycles. The third kappa shape index (κ3) is 7.29. The number of aromatic nitrogens is 5.